The number of benzene rings is 2. The fourth-order valence-electron chi connectivity index (χ4n) is 4.20. The molecule has 2 aromatic carbocycles. The maximum Gasteiger partial charge on any atom is 0.305 e. The summed E-state index contributed by atoms with van der Waals surface area (Å²) in [6.45, 7) is 3.91. The molecule has 1 amide bonds. The summed E-state index contributed by atoms with van der Waals surface area (Å²) in [6.07, 6.45) is 3.87. The van der Waals surface area contributed by atoms with Crippen LogP contribution < -0.4 is 10.9 Å². The quantitative estimate of drug-likeness (QED) is 0.370. The monoisotopic (exact) mass is 494 g/mol. The summed E-state index contributed by atoms with van der Waals surface area (Å²) in [6, 6.07) is 16.8. The van der Waals surface area contributed by atoms with Crippen molar-refractivity contribution in [1.29, 1.82) is 0 Å². The van der Waals surface area contributed by atoms with Gasteiger partial charge in [0.25, 0.3) is 5.56 Å². The van der Waals surface area contributed by atoms with Crippen molar-refractivity contribution in [2.24, 2.45) is 0 Å². The zero-order chi connectivity index (χ0) is 25.4. The maximum atomic E-state index is 13.5. The van der Waals surface area contributed by atoms with E-state index in [4.69, 9.17) is 11.6 Å². The summed E-state index contributed by atoms with van der Waals surface area (Å²) < 4.78 is 1.50. The predicted octanol–water partition coefficient (Wildman–Crippen LogP) is 5.46. The molecule has 0 aliphatic carbocycles. The third-order valence-corrected chi connectivity index (χ3v) is 6.33. The van der Waals surface area contributed by atoms with Gasteiger partial charge >= 0.3 is 5.97 Å². The molecule has 1 heterocycles. The molecule has 0 fully saturated rings. The van der Waals surface area contributed by atoms with Gasteiger partial charge in [-0.1, -0.05) is 79.9 Å². The Morgan fingerprint density at radius 1 is 1.06 bits per heavy atom. The lowest BCUT2D eigenvalue weighted by Gasteiger charge is -2.24. The lowest BCUT2D eigenvalue weighted by molar-refractivity contribution is -0.137. The van der Waals surface area contributed by atoms with E-state index in [1.54, 1.807) is 36.5 Å². The Bertz CT molecular complexity index is 1220. The Labute approximate surface area is 210 Å². The number of unbranched alkanes of at least 4 members (excludes halogenated alkanes) is 1. The minimum absolute atomic E-state index is 0.249. The lowest BCUT2D eigenvalue weighted by Crippen LogP contribution is -2.40. The molecule has 1 unspecified atom stereocenters. The number of hydrogen-bond donors (Lipinski definition) is 2. The van der Waals surface area contributed by atoms with Crippen LogP contribution in [0.1, 0.15) is 66.9 Å². The molecular weight excluding hydrogens is 464 g/mol. The van der Waals surface area contributed by atoms with Gasteiger partial charge in [0.1, 0.15) is 6.04 Å². The number of amides is 1. The number of hydrogen-bond acceptors (Lipinski definition) is 3. The van der Waals surface area contributed by atoms with E-state index < -0.39 is 18.1 Å². The summed E-state index contributed by atoms with van der Waals surface area (Å²) in [5, 5.41) is 12.9. The first-order valence-electron chi connectivity index (χ1n) is 11.8. The molecule has 2 atom stereocenters. The van der Waals surface area contributed by atoms with Crippen LogP contribution in [0.5, 0.6) is 0 Å². The molecule has 0 aliphatic rings. The van der Waals surface area contributed by atoms with Crippen molar-refractivity contribution in [3.05, 3.63) is 104 Å². The number of nitrogens with one attached hydrogen (secondary N) is 1. The van der Waals surface area contributed by atoms with Gasteiger partial charge in [-0.25, -0.2) is 0 Å². The number of aromatic nitrogens is 1. The molecule has 7 heteroatoms. The normalized spacial score (nSPS) is 12.7. The Morgan fingerprint density at radius 3 is 2.40 bits per heavy atom. The highest BCUT2D eigenvalue weighted by molar-refractivity contribution is 6.31. The van der Waals surface area contributed by atoms with Crippen molar-refractivity contribution in [2.45, 2.75) is 58.0 Å². The van der Waals surface area contributed by atoms with Gasteiger partial charge in [-0.2, -0.15) is 0 Å². The SMILES string of the molecule is CCCCC(C(=O)N[C@H](CC(=O)O)c1ccccc1)n1cc(C)cc(Cc2ccccc2Cl)c1=O. The van der Waals surface area contributed by atoms with Crippen molar-refractivity contribution < 1.29 is 14.7 Å². The molecular formula is C28H31ClN2O4. The second-order valence-electron chi connectivity index (χ2n) is 8.75. The molecule has 0 bridgehead atoms. The van der Waals surface area contributed by atoms with Crippen LogP contribution in [0, 0.1) is 6.92 Å². The third kappa shape index (κ3) is 7.06. The first-order chi connectivity index (χ1) is 16.8. The Kier molecular flexibility index (Phi) is 9.26. The summed E-state index contributed by atoms with van der Waals surface area (Å²) in [7, 11) is 0. The molecule has 0 saturated heterocycles. The van der Waals surface area contributed by atoms with Gasteiger partial charge in [0, 0.05) is 23.2 Å². The first-order valence-corrected chi connectivity index (χ1v) is 12.2. The van der Waals surface area contributed by atoms with Gasteiger partial charge in [0.05, 0.1) is 12.5 Å². The highest BCUT2D eigenvalue weighted by Crippen LogP contribution is 2.22. The van der Waals surface area contributed by atoms with Crippen LogP contribution in [0.2, 0.25) is 5.02 Å². The molecule has 0 spiro atoms. The molecule has 35 heavy (non-hydrogen) atoms. The highest BCUT2D eigenvalue weighted by atomic mass is 35.5. The van der Waals surface area contributed by atoms with E-state index >= 15 is 0 Å². The van der Waals surface area contributed by atoms with Crippen LogP contribution in [0.15, 0.2) is 71.7 Å². The molecule has 3 aromatic rings. The Hall–Kier alpha value is -3.38. The zero-order valence-corrected chi connectivity index (χ0v) is 20.8. The number of nitrogens with zero attached hydrogens (tertiary/aromatic N) is 1. The number of carbonyl (C=O) groups excluding carboxylic acids is 1. The fourth-order valence-corrected chi connectivity index (χ4v) is 4.40. The summed E-state index contributed by atoms with van der Waals surface area (Å²) in [5.74, 6) is -1.39. The molecule has 184 valence electrons. The van der Waals surface area contributed by atoms with Gasteiger partial charge in [-0.05, 0) is 42.2 Å². The predicted molar refractivity (Wildman–Crippen MR) is 138 cm³/mol. The number of carbonyl (C=O) groups is 2. The number of carboxylic acid groups (broad SMARTS) is 1. The van der Waals surface area contributed by atoms with Crippen LogP contribution in [0.4, 0.5) is 0 Å². The zero-order valence-electron chi connectivity index (χ0n) is 20.0. The van der Waals surface area contributed by atoms with E-state index in [2.05, 4.69) is 5.32 Å². The Morgan fingerprint density at radius 2 is 1.74 bits per heavy atom. The Balaban J connectivity index is 1.97. The van der Waals surface area contributed by atoms with E-state index in [0.29, 0.717) is 29.0 Å². The standard InChI is InChI=1S/C28H31ClN2O4/c1-3-4-14-25(27(34)30-24(17-26(32)33)20-10-6-5-7-11-20)31-18-19(2)15-22(28(31)35)16-21-12-8-9-13-23(21)29/h5-13,15,18,24-25H,3-4,14,16-17H2,1-2H3,(H,30,34)(H,32,33)/t24-,25?/m1/s1. The lowest BCUT2D eigenvalue weighted by atomic mass is 10.0. The number of aryl methyl sites for hydroxylation is 1. The minimum atomic E-state index is -1.01. The van der Waals surface area contributed by atoms with Gasteiger partial charge in [-0.15, -0.1) is 0 Å². The molecule has 0 radical (unpaired) electrons. The number of pyridine rings is 1. The maximum absolute atomic E-state index is 13.5. The van der Waals surface area contributed by atoms with E-state index in [1.807, 2.05) is 44.2 Å². The van der Waals surface area contributed by atoms with Crippen molar-refractivity contribution in [3.63, 3.8) is 0 Å². The molecule has 3 rings (SSSR count). The molecule has 2 N–H and O–H groups in total. The number of rotatable bonds is 11. The van der Waals surface area contributed by atoms with E-state index in [0.717, 1.165) is 24.0 Å². The van der Waals surface area contributed by atoms with Crippen molar-refractivity contribution in [2.75, 3.05) is 0 Å². The van der Waals surface area contributed by atoms with Crippen LogP contribution in [0.25, 0.3) is 0 Å². The van der Waals surface area contributed by atoms with E-state index in [-0.39, 0.29) is 17.9 Å². The minimum Gasteiger partial charge on any atom is -0.481 e. The topological polar surface area (TPSA) is 88.4 Å². The average Bonchev–Trinajstić information content (AvgIpc) is 2.83. The number of halogens is 1. The van der Waals surface area contributed by atoms with Crippen molar-refractivity contribution in [1.82, 2.24) is 9.88 Å². The van der Waals surface area contributed by atoms with Crippen LogP contribution in [0.3, 0.4) is 0 Å². The molecule has 0 saturated carbocycles. The van der Waals surface area contributed by atoms with Gasteiger partial charge in [0.15, 0.2) is 0 Å². The highest BCUT2D eigenvalue weighted by Gasteiger charge is 2.26. The molecule has 6 nitrogen and oxygen atoms in total. The fraction of sp³-hybridized carbons (Fsp3) is 0.321. The van der Waals surface area contributed by atoms with Gasteiger partial charge < -0.3 is 15.0 Å². The second kappa shape index (κ2) is 12.4. The van der Waals surface area contributed by atoms with Gasteiger partial charge in [0.2, 0.25) is 5.91 Å². The van der Waals surface area contributed by atoms with E-state index in [9.17, 15) is 19.5 Å². The number of carboxylic acids is 1. The second-order valence-corrected chi connectivity index (χ2v) is 9.16. The van der Waals surface area contributed by atoms with Crippen LogP contribution >= 0.6 is 11.6 Å². The third-order valence-electron chi connectivity index (χ3n) is 5.96. The summed E-state index contributed by atoms with van der Waals surface area (Å²) >= 11 is 6.32. The molecule has 0 aliphatic heterocycles. The largest absolute Gasteiger partial charge is 0.481 e. The summed E-state index contributed by atoms with van der Waals surface area (Å²) in [5.41, 5.74) is 2.70. The van der Waals surface area contributed by atoms with Crippen LogP contribution in [-0.2, 0) is 16.0 Å². The number of aliphatic carboxylic acids is 1. The van der Waals surface area contributed by atoms with Crippen LogP contribution in [-0.4, -0.2) is 21.6 Å². The molecule has 1 aromatic heterocycles. The smallest absolute Gasteiger partial charge is 0.305 e. The first kappa shape index (κ1) is 26.2. The summed E-state index contributed by atoms with van der Waals surface area (Å²) in [4.78, 5) is 38.5. The van der Waals surface area contributed by atoms with E-state index in [1.165, 1.54) is 4.57 Å². The van der Waals surface area contributed by atoms with Crippen molar-refractivity contribution >= 4 is 23.5 Å². The van der Waals surface area contributed by atoms with Crippen molar-refractivity contribution in [3.8, 4) is 0 Å². The van der Waals surface area contributed by atoms with Gasteiger partial charge in [-0.3, -0.25) is 14.4 Å². The average molecular weight is 495 g/mol.